The van der Waals surface area contributed by atoms with Crippen LogP contribution in [0.4, 0.5) is 5.82 Å². The normalized spacial score (nSPS) is 20.5. The van der Waals surface area contributed by atoms with Crippen molar-refractivity contribution in [2.24, 2.45) is 0 Å². The summed E-state index contributed by atoms with van der Waals surface area (Å²) in [4.78, 5) is 32.1. The van der Waals surface area contributed by atoms with Crippen LogP contribution in [0, 0.1) is 13.8 Å². The number of aromatic nitrogens is 8. The molecule has 0 spiro atoms. The maximum absolute atomic E-state index is 13.3. The van der Waals surface area contributed by atoms with Gasteiger partial charge in [0.2, 0.25) is 5.82 Å². The molecule has 2 aliphatic rings. The number of anilines is 1. The largest absolute Gasteiger partial charge is 0.382 e. The zero-order valence-corrected chi connectivity index (χ0v) is 24.8. The van der Waals surface area contributed by atoms with E-state index in [-0.39, 0.29) is 40.4 Å². The van der Waals surface area contributed by atoms with Crippen LogP contribution in [0.15, 0.2) is 34.8 Å². The third kappa shape index (κ3) is 4.34. The number of rotatable bonds is 5. The van der Waals surface area contributed by atoms with Crippen LogP contribution >= 0.6 is 11.3 Å². The molecule has 13 nitrogen and oxygen atoms in total. The first kappa shape index (κ1) is 26.6. The average molecular weight is 605 g/mol. The van der Waals surface area contributed by atoms with E-state index in [0.29, 0.717) is 35.6 Å². The lowest BCUT2D eigenvalue weighted by molar-refractivity contribution is 0.0556. The number of carbonyl (C=O) groups is 1. The molecule has 2 fully saturated rings. The van der Waals surface area contributed by atoms with Gasteiger partial charge in [0, 0.05) is 52.7 Å². The lowest BCUT2D eigenvalue weighted by atomic mass is 9.87. The topological polar surface area (TPSA) is 178 Å². The Morgan fingerprint density at radius 2 is 1.86 bits per heavy atom. The lowest BCUT2D eigenvalue weighted by Gasteiger charge is -2.38. The lowest BCUT2D eigenvalue weighted by Crippen LogP contribution is -2.46. The zero-order chi connectivity index (χ0) is 29.3. The number of thiazole rings is 1. The number of sulfone groups is 1. The number of amides is 1. The molecule has 216 valence electrons. The maximum atomic E-state index is 13.3. The van der Waals surface area contributed by atoms with Gasteiger partial charge in [-0.05, 0) is 45.6 Å². The highest BCUT2D eigenvalue weighted by molar-refractivity contribution is 7.91. The van der Waals surface area contributed by atoms with Gasteiger partial charge in [-0.15, -0.1) is 21.5 Å². The summed E-state index contributed by atoms with van der Waals surface area (Å²) < 4.78 is 27.6. The van der Waals surface area contributed by atoms with Gasteiger partial charge < -0.3 is 15.6 Å². The summed E-state index contributed by atoms with van der Waals surface area (Å²) in [6.45, 7) is 3.69. The number of aromatic amines is 1. The molecule has 1 amide bonds. The van der Waals surface area contributed by atoms with Crippen molar-refractivity contribution in [3.8, 4) is 21.8 Å². The number of aryl methyl sites for hydroxylation is 2. The highest BCUT2D eigenvalue weighted by atomic mass is 32.2. The van der Waals surface area contributed by atoms with Gasteiger partial charge in [-0.2, -0.15) is 9.61 Å². The monoisotopic (exact) mass is 604 g/mol. The molecule has 2 aliphatic heterocycles. The number of nitrogens with two attached hydrogens (primary N) is 1. The number of hydrogen-bond acceptors (Lipinski definition) is 11. The minimum Gasteiger partial charge on any atom is -0.382 e. The fraction of sp³-hybridized carbons (Fsp3) is 0.370. The van der Waals surface area contributed by atoms with Crippen LogP contribution in [0.25, 0.3) is 27.5 Å². The van der Waals surface area contributed by atoms with E-state index in [1.54, 1.807) is 19.3 Å². The van der Waals surface area contributed by atoms with Crippen molar-refractivity contribution in [3.63, 3.8) is 0 Å². The second kappa shape index (κ2) is 9.66. The molecule has 0 unspecified atom stereocenters. The summed E-state index contributed by atoms with van der Waals surface area (Å²) in [7, 11) is -3.75. The first-order valence-electron chi connectivity index (χ1n) is 13.6. The Balaban J connectivity index is 1.27. The molecular weight excluding hydrogens is 576 g/mol. The molecule has 5 aromatic heterocycles. The molecule has 42 heavy (non-hydrogen) atoms. The van der Waals surface area contributed by atoms with Crippen molar-refractivity contribution in [2.45, 2.75) is 62.4 Å². The predicted molar refractivity (Wildman–Crippen MR) is 156 cm³/mol. The van der Waals surface area contributed by atoms with Gasteiger partial charge in [0.25, 0.3) is 5.91 Å². The van der Waals surface area contributed by atoms with Crippen molar-refractivity contribution in [1.82, 2.24) is 44.6 Å². The number of carbonyl (C=O) groups excluding carboxylic acids is 1. The van der Waals surface area contributed by atoms with E-state index in [2.05, 4.69) is 30.2 Å². The molecule has 15 heteroatoms. The van der Waals surface area contributed by atoms with E-state index in [0.717, 1.165) is 41.1 Å². The molecule has 7 heterocycles. The Labute approximate surface area is 245 Å². The molecule has 0 aromatic carbocycles. The van der Waals surface area contributed by atoms with E-state index in [9.17, 15) is 13.2 Å². The quantitative estimate of drug-likeness (QED) is 0.303. The fourth-order valence-electron chi connectivity index (χ4n) is 6.33. The van der Waals surface area contributed by atoms with Gasteiger partial charge in [-0.25, -0.2) is 18.4 Å². The first-order chi connectivity index (χ1) is 20.1. The number of piperidine rings is 1. The number of hydrogen-bond donors (Lipinski definition) is 2. The van der Waals surface area contributed by atoms with Crippen LogP contribution in [0.2, 0.25) is 0 Å². The molecule has 2 saturated heterocycles. The third-order valence-electron chi connectivity index (χ3n) is 8.10. The smallest absolute Gasteiger partial charge is 0.292 e. The average Bonchev–Trinajstić information content (AvgIpc) is 3.74. The van der Waals surface area contributed by atoms with Gasteiger partial charge in [0.05, 0.1) is 17.6 Å². The van der Waals surface area contributed by atoms with Crippen LogP contribution in [0.3, 0.4) is 0 Å². The SMILES string of the molecule is Cc1csc(-c2ccc(-c3cnn4c(N)c(S(C)(=O)=O)c([C@@H]5C[C@H]6CC[C@@H](C5)N6C(=O)c5nnc(C)[nH]5)nc34)cn2)n1. The van der Waals surface area contributed by atoms with Crippen LogP contribution in [0.1, 0.15) is 59.4 Å². The van der Waals surface area contributed by atoms with Crippen molar-refractivity contribution in [1.29, 1.82) is 0 Å². The molecule has 0 saturated carbocycles. The molecule has 3 N–H and O–H groups in total. The minimum absolute atomic E-state index is 0.00713. The van der Waals surface area contributed by atoms with Crippen molar-refractivity contribution < 1.29 is 13.2 Å². The first-order valence-corrected chi connectivity index (χ1v) is 16.3. The molecule has 0 radical (unpaired) electrons. The van der Waals surface area contributed by atoms with E-state index in [1.165, 1.54) is 15.9 Å². The van der Waals surface area contributed by atoms with Crippen LogP contribution in [-0.2, 0) is 9.84 Å². The van der Waals surface area contributed by atoms with Gasteiger partial charge in [-0.3, -0.25) is 9.78 Å². The number of nitrogen functional groups attached to an aromatic ring is 1. The van der Waals surface area contributed by atoms with Crippen molar-refractivity contribution in [3.05, 3.63) is 52.9 Å². The molecule has 7 rings (SSSR count). The Hall–Kier alpha value is -4.24. The summed E-state index contributed by atoms with van der Waals surface area (Å²) in [5.41, 5.74) is 10.6. The van der Waals surface area contributed by atoms with Crippen molar-refractivity contribution >= 4 is 38.5 Å². The van der Waals surface area contributed by atoms with Gasteiger partial charge in [0.1, 0.15) is 21.5 Å². The maximum Gasteiger partial charge on any atom is 0.292 e. The fourth-order valence-corrected chi connectivity index (χ4v) is 8.16. The van der Waals surface area contributed by atoms with Crippen LogP contribution < -0.4 is 5.73 Å². The Kier molecular flexibility index (Phi) is 6.13. The molecular formula is C27H28N10O3S2. The van der Waals surface area contributed by atoms with Crippen LogP contribution in [0.5, 0.6) is 0 Å². The van der Waals surface area contributed by atoms with Gasteiger partial charge >= 0.3 is 0 Å². The molecule has 0 aliphatic carbocycles. The molecule has 5 aromatic rings. The van der Waals surface area contributed by atoms with Crippen molar-refractivity contribution in [2.75, 3.05) is 12.0 Å². The zero-order valence-electron chi connectivity index (χ0n) is 23.1. The predicted octanol–water partition coefficient (Wildman–Crippen LogP) is 3.19. The molecule has 3 atom stereocenters. The summed E-state index contributed by atoms with van der Waals surface area (Å²) in [6, 6.07) is 3.67. The Morgan fingerprint density at radius 1 is 1.10 bits per heavy atom. The second-order valence-corrected chi connectivity index (χ2v) is 13.8. The summed E-state index contributed by atoms with van der Waals surface area (Å²) >= 11 is 1.53. The number of fused-ring (bicyclic) bond motifs is 3. The molecule has 2 bridgehead atoms. The summed E-state index contributed by atoms with van der Waals surface area (Å²) in [5.74, 6) is 0.420. The van der Waals surface area contributed by atoms with E-state index in [4.69, 9.17) is 10.7 Å². The minimum atomic E-state index is -3.75. The van der Waals surface area contributed by atoms with E-state index >= 15 is 0 Å². The Bertz CT molecular complexity index is 1950. The number of nitrogens with one attached hydrogen (secondary N) is 1. The van der Waals surface area contributed by atoms with Gasteiger partial charge in [-0.1, -0.05) is 6.07 Å². The van der Waals surface area contributed by atoms with Crippen LogP contribution in [-0.4, -0.2) is 77.3 Å². The standard InChI is InChI=1S/C27H28N10O3S2/c1-13-12-41-26(31-13)20-7-4-15(10-29-20)19-11-30-37-23(28)22(42(3,39)40)21(33-25(19)37)16-8-17-5-6-18(9-16)36(17)27(38)24-32-14(2)34-35-24/h4,7,10-12,16-18H,5-6,8-9,28H2,1-3H3,(H,32,34,35)/t16-,17-,18+. The highest BCUT2D eigenvalue weighted by Gasteiger charge is 2.46. The summed E-state index contributed by atoms with van der Waals surface area (Å²) in [6.07, 6.45) is 7.27. The van der Waals surface area contributed by atoms with E-state index < -0.39 is 9.84 Å². The van der Waals surface area contributed by atoms with Gasteiger partial charge in [0.15, 0.2) is 15.5 Å². The highest BCUT2D eigenvalue weighted by Crippen LogP contribution is 2.45. The number of H-pyrrole nitrogens is 1. The third-order valence-corrected chi connectivity index (χ3v) is 10.2. The number of pyridine rings is 1. The van der Waals surface area contributed by atoms with E-state index in [1.807, 2.05) is 29.3 Å². The Morgan fingerprint density at radius 3 is 2.45 bits per heavy atom. The number of nitrogens with zero attached hydrogens (tertiary/aromatic N) is 8. The second-order valence-electron chi connectivity index (χ2n) is 11.0. The summed E-state index contributed by atoms with van der Waals surface area (Å²) in [5, 5.41) is 15.1.